The molecule has 4 amide bonds. The number of hydrogen-bond donors (Lipinski definition) is 2. The van der Waals surface area contributed by atoms with Crippen molar-refractivity contribution < 1.29 is 19.5 Å². The van der Waals surface area contributed by atoms with Crippen molar-refractivity contribution in [1.29, 1.82) is 0 Å². The SMILES string of the molecule is CCC1(C)NC(=O)N(CC(=O)N(C)CCC(C)O)C1=O. The van der Waals surface area contributed by atoms with E-state index in [1.54, 1.807) is 27.8 Å². The van der Waals surface area contributed by atoms with Crippen molar-refractivity contribution in [3.05, 3.63) is 0 Å². The van der Waals surface area contributed by atoms with Crippen LogP contribution in [0.4, 0.5) is 4.79 Å². The van der Waals surface area contributed by atoms with Gasteiger partial charge in [-0.25, -0.2) is 4.79 Å². The number of carbonyl (C=O) groups excluding carboxylic acids is 3. The number of nitrogens with one attached hydrogen (secondary N) is 1. The number of urea groups is 1. The molecule has 2 atom stereocenters. The van der Waals surface area contributed by atoms with Crippen molar-refractivity contribution in [1.82, 2.24) is 15.1 Å². The van der Waals surface area contributed by atoms with Crippen LogP contribution in [0.1, 0.15) is 33.6 Å². The minimum Gasteiger partial charge on any atom is -0.393 e. The lowest BCUT2D eigenvalue weighted by atomic mass is 9.99. The normalized spacial score (nSPS) is 23.8. The average molecular weight is 285 g/mol. The number of imide groups is 1. The van der Waals surface area contributed by atoms with E-state index in [0.717, 1.165) is 4.90 Å². The second-order valence-electron chi connectivity index (χ2n) is 5.46. The number of rotatable bonds is 6. The van der Waals surface area contributed by atoms with E-state index in [-0.39, 0.29) is 18.4 Å². The lowest BCUT2D eigenvalue weighted by molar-refractivity contribution is -0.138. The van der Waals surface area contributed by atoms with E-state index >= 15 is 0 Å². The van der Waals surface area contributed by atoms with Crippen molar-refractivity contribution in [3.63, 3.8) is 0 Å². The molecule has 1 fully saturated rings. The Balaban J connectivity index is 2.62. The second kappa shape index (κ2) is 6.21. The summed E-state index contributed by atoms with van der Waals surface area (Å²) in [4.78, 5) is 38.2. The molecule has 20 heavy (non-hydrogen) atoms. The molecule has 1 heterocycles. The molecule has 7 nitrogen and oxygen atoms in total. The Labute approximate surface area is 118 Å². The van der Waals surface area contributed by atoms with Gasteiger partial charge in [0.15, 0.2) is 0 Å². The van der Waals surface area contributed by atoms with Gasteiger partial charge in [-0.3, -0.25) is 14.5 Å². The highest BCUT2D eigenvalue weighted by molar-refractivity contribution is 6.08. The van der Waals surface area contributed by atoms with Crippen molar-refractivity contribution in [2.45, 2.75) is 45.3 Å². The first-order valence-electron chi connectivity index (χ1n) is 6.77. The number of likely N-dealkylation sites (N-methyl/N-ethyl adjacent to an activating group) is 1. The molecule has 1 aliphatic heterocycles. The van der Waals surface area contributed by atoms with E-state index < -0.39 is 17.7 Å². The summed E-state index contributed by atoms with van der Waals surface area (Å²) in [5, 5.41) is 11.8. The fourth-order valence-corrected chi connectivity index (χ4v) is 1.89. The fourth-order valence-electron chi connectivity index (χ4n) is 1.89. The van der Waals surface area contributed by atoms with E-state index in [2.05, 4.69) is 5.32 Å². The minimum absolute atomic E-state index is 0.267. The van der Waals surface area contributed by atoms with E-state index in [1.165, 1.54) is 4.90 Å². The summed E-state index contributed by atoms with van der Waals surface area (Å²) < 4.78 is 0. The molecule has 0 aromatic heterocycles. The first kappa shape index (κ1) is 16.4. The molecule has 1 rings (SSSR count). The third-order valence-electron chi connectivity index (χ3n) is 3.65. The van der Waals surface area contributed by atoms with Crippen molar-refractivity contribution in [3.8, 4) is 0 Å². The van der Waals surface area contributed by atoms with E-state index in [4.69, 9.17) is 0 Å². The molecule has 1 aliphatic rings. The highest BCUT2D eigenvalue weighted by atomic mass is 16.3. The summed E-state index contributed by atoms with van der Waals surface area (Å²) in [6.45, 7) is 5.21. The number of nitrogens with zero attached hydrogens (tertiary/aromatic N) is 2. The van der Waals surface area contributed by atoms with Gasteiger partial charge in [0.2, 0.25) is 5.91 Å². The van der Waals surface area contributed by atoms with Crippen LogP contribution < -0.4 is 5.32 Å². The first-order valence-corrected chi connectivity index (χ1v) is 6.77. The van der Waals surface area contributed by atoms with Gasteiger partial charge in [-0.15, -0.1) is 0 Å². The third-order valence-corrected chi connectivity index (χ3v) is 3.65. The molecular weight excluding hydrogens is 262 g/mol. The second-order valence-corrected chi connectivity index (χ2v) is 5.46. The van der Waals surface area contributed by atoms with Crippen molar-refractivity contribution in [2.75, 3.05) is 20.1 Å². The third kappa shape index (κ3) is 3.47. The van der Waals surface area contributed by atoms with Crippen LogP contribution in [0.5, 0.6) is 0 Å². The summed E-state index contributed by atoms with van der Waals surface area (Å²) in [5.41, 5.74) is -0.921. The maximum atomic E-state index is 12.1. The zero-order valence-electron chi connectivity index (χ0n) is 12.5. The number of hydrogen-bond acceptors (Lipinski definition) is 4. The van der Waals surface area contributed by atoms with Gasteiger partial charge in [0, 0.05) is 13.6 Å². The zero-order chi connectivity index (χ0) is 15.5. The fraction of sp³-hybridized carbons (Fsp3) is 0.769. The number of amides is 4. The minimum atomic E-state index is -0.921. The number of carbonyl (C=O) groups is 3. The van der Waals surface area contributed by atoms with Crippen LogP contribution in [0.25, 0.3) is 0 Å². The smallest absolute Gasteiger partial charge is 0.325 e. The highest BCUT2D eigenvalue weighted by Gasteiger charge is 2.47. The van der Waals surface area contributed by atoms with E-state index in [9.17, 15) is 19.5 Å². The van der Waals surface area contributed by atoms with Gasteiger partial charge in [-0.2, -0.15) is 0 Å². The summed E-state index contributed by atoms with van der Waals surface area (Å²) in [7, 11) is 1.59. The number of aliphatic hydroxyl groups is 1. The van der Waals surface area contributed by atoms with E-state index in [1.807, 2.05) is 0 Å². The van der Waals surface area contributed by atoms with Crippen LogP contribution in [-0.4, -0.2) is 64.5 Å². The van der Waals surface area contributed by atoms with Gasteiger partial charge in [-0.05, 0) is 26.7 Å². The molecule has 114 valence electrons. The molecule has 0 aromatic rings. The van der Waals surface area contributed by atoms with E-state index in [0.29, 0.717) is 19.4 Å². The van der Waals surface area contributed by atoms with Crippen LogP contribution in [0.15, 0.2) is 0 Å². The summed E-state index contributed by atoms with van der Waals surface area (Å²) in [6, 6.07) is -0.531. The van der Waals surface area contributed by atoms with Gasteiger partial charge in [0.05, 0.1) is 6.10 Å². The average Bonchev–Trinajstić information content (AvgIpc) is 2.60. The molecule has 2 N–H and O–H groups in total. The molecule has 0 spiro atoms. The maximum Gasteiger partial charge on any atom is 0.325 e. The molecular formula is C13H23N3O4. The Bertz CT molecular complexity index is 410. The largest absolute Gasteiger partial charge is 0.393 e. The Hall–Kier alpha value is -1.63. The topological polar surface area (TPSA) is 90.0 Å². The molecule has 0 aromatic carbocycles. The summed E-state index contributed by atoms with van der Waals surface area (Å²) in [6.07, 6.45) is 0.431. The molecule has 2 unspecified atom stereocenters. The molecule has 0 saturated carbocycles. The quantitative estimate of drug-likeness (QED) is 0.669. The lowest BCUT2D eigenvalue weighted by Crippen LogP contribution is -2.45. The zero-order valence-corrected chi connectivity index (χ0v) is 12.5. The molecule has 0 radical (unpaired) electrons. The maximum absolute atomic E-state index is 12.1. The van der Waals surface area contributed by atoms with Crippen LogP contribution in [0, 0.1) is 0 Å². The predicted molar refractivity (Wildman–Crippen MR) is 72.9 cm³/mol. The van der Waals surface area contributed by atoms with Gasteiger partial charge in [0.25, 0.3) is 5.91 Å². The monoisotopic (exact) mass is 285 g/mol. The number of aliphatic hydroxyl groups excluding tert-OH is 1. The molecule has 0 aliphatic carbocycles. The van der Waals surface area contributed by atoms with Gasteiger partial charge < -0.3 is 15.3 Å². The standard InChI is InChI=1S/C13H23N3O4/c1-5-13(3)11(19)16(12(20)14-13)8-10(18)15(4)7-6-9(2)17/h9,17H,5-8H2,1-4H3,(H,14,20). The van der Waals surface area contributed by atoms with Crippen LogP contribution >= 0.6 is 0 Å². The van der Waals surface area contributed by atoms with Crippen molar-refractivity contribution in [2.24, 2.45) is 0 Å². The molecule has 1 saturated heterocycles. The van der Waals surface area contributed by atoms with Gasteiger partial charge >= 0.3 is 6.03 Å². The lowest BCUT2D eigenvalue weighted by Gasteiger charge is -2.22. The Morgan fingerprint density at radius 2 is 2.10 bits per heavy atom. The molecule has 0 bridgehead atoms. The van der Waals surface area contributed by atoms with Crippen LogP contribution in [0.3, 0.4) is 0 Å². The van der Waals surface area contributed by atoms with Gasteiger partial charge in [0.1, 0.15) is 12.1 Å². The van der Waals surface area contributed by atoms with Gasteiger partial charge in [-0.1, -0.05) is 6.92 Å². The highest BCUT2D eigenvalue weighted by Crippen LogP contribution is 2.20. The van der Waals surface area contributed by atoms with Crippen molar-refractivity contribution >= 4 is 17.8 Å². The summed E-state index contributed by atoms with van der Waals surface area (Å²) >= 11 is 0. The Morgan fingerprint density at radius 1 is 1.50 bits per heavy atom. The van der Waals surface area contributed by atoms with Crippen LogP contribution in [0.2, 0.25) is 0 Å². The first-order chi connectivity index (χ1) is 9.21. The Kier molecular flexibility index (Phi) is 5.10. The molecule has 7 heteroatoms. The Morgan fingerprint density at radius 3 is 2.55 bits per heavy atom. The summed E-state index contributed by atoms with van der Waals surface area (Å²) in [5.74, 6) is -0.697. The predicted octanol–water partition coefficient (Wildman–Crippen LogP) is -0.0638. The van der Waals surface area contributed by atoms with Crippen LogP contribution in [-0.2, 0) is 9.59 Å².